The normalized spacial score (nSPS) is 16.9. The van der Waals surface area contributed by atoms with Gasteiger partial charge in [-0.25, -0.2) is 4.79 Å². The van der Waals surface area contributed by atoms with Gasteiger partial charge in [-0.1, -0.05) is 0 Å². The van der Waals surface area contributed by atoms with E-state index in [0.29, 0.717) is 48.8 Å². The summed E-state index contributed by atoms with van der Waals surface area (Å²) in [7, 11) is 1.58. The Kier molecular flexibility index (Phi) is 7.62. The Morgan fingerprint density at radius 3 is 2.64 bits per heavy atom. The summed E-state index contributed by atoms with van der Waals surface area (Å²) in [5, 5.41) is 2.84. The van der Waals surface area contributed by atoms with Crippen molar-refractivity contribution in [2.75, 3.05) is 33.4 Å². The minimum absolute atomic E-state index is 0.0601. The van der Waals surface area contributed by atoms with Crippen molar-refractivity contribution in [3.8, 4) is 0 Å². The third-order valence-electron chi connectivity index (χ3n) is 4.88. The van der Waals surface area contributed by atoms with Crippen molar-refractivity contribution in [2.24, 2.45) is 5.92 Å². The van der Waals surface area contributed by atoms with Crippen molar-refractivity contribution in [3.05, 3.63) is 22.5 Å². The van der Waals surface area contributed by atoms with Crippen LogP contribution in [0.3, 0.4) is 0 Å². The zero-order valence-electron chi connectivity index (χ0n) is 17.4. The van der Waals surface area contributed by atoms with Crippen molar-refractivity contribution < 1.29 is 23.9 Å². The number of aromatic amines is 1. The maximum absolute atomic E-state index is 13.1. The minimum atomic E-state index is -0.436. The van der Waals surface area contributed by atoms with Crippen molar-refractivity contribution in [2.45, 2.75) is 46.6 Å². The molecule has 0 aromatic carbocycles. The summed E-state index contributed by atoms with van der Waals surface area (Å²) >= 11 is 0. The number of carbonyl (C=O) groups excluding carboxylic acids is 3. The number of ether oxygens (including phenoxy) is 2. The number of rotatable bonds is 7. The average molecular weight is 393 g/mol. The van der Waals surface area contributed by atoms with Gasteiger partial charge in [0.25, 0.3) is 5.91 Å². The summed E-state index contributed by atoms with van der Waals surface area (Å²) in [6.45, 7) is 8.92. The van der Waals surface area contributed by atoms with Crippen LogP contribution in [0.15, 0.2) is 0 Å². The molecule has 0 aliphatic carbocycles. The third-order valence-corrected chi connectivity index (χ3v) is 4.88. The first-order chi connectivity index (χ1) is 13.3. The Morgan fingerprint density at radius 2 is 2.00 bits per heavy atom. The van der Waals surface area contributed by atoms with Crippen LogP contribution in [0.1, 0.15) is 58.8 Å². The summed E-state index contributed by atoms with van der Waals surface area (Å²) < 4.78 is 10.2. The van der Waals surface area contributed by atoms with E-state index in [1.165, 1.54) is 0 Å². The van der Waals surface area contributed by atoms with Crippen LogP contribution in [0.5, 0.6) is 0 Å². The number of esters is 1. The first-order valence-electron chi connectivity index (χ1n) is 9.72. The second-order valence-corrected chi connectivity index (χ2v) is 7.45. The number of aryl methyl sites for hydroxylation is 1. The Bertz CT molecular complexity index is 726. The molecule has 2 amide bonds. The van der Waals surface area contributed by atoms with Gasteiger partial charge in [0.15, 0.2) is 0 Å². The summed E-state index contributed by atoms with van der Waals surface area (Å²) in [6, 6.07) is 0. The largest absolute Gasteiger partial charge is 0.459 e. The number of amides is 2. The number of nitrogens with one attached hydrogen (secondary N) is 2. The first-order valence-corrected chi connectivity index (χ1v) is 9.72. The van der Waals surface area contributed by atoms with Gasteiger partial charge < -0.3 is 24.7 Å². The number of aromatic nitrogens is 1. The summed E-state index contributed by atoms with van der Waals surface area (Å²) in [6.07, 6.45) is 1.27. The second kappa shape index (κ2) is 9.73. The molecule has 2 heterocycles. The highest BCUT2D eigenvalue weighted by Crippen LogP contribution is 2.24. The number of piperidine rings is 1. The Balaban J connectivity index is 2.11. The van der Waals surface area contributed by atoms with Gasteiger partial charge in [0, 0.05) is 32.4 Å². The van der Waals surface area contributed by atoms with E-state index in [9.17, 15) is 14.4 Å². The summed E-state index contributed by atoms with van der Waals surface area (Å²) in [5.41, 5.74) is 1.98. The highest BCUT2D eigenvalue weighted by atomic mass is 16.5. The number of likely N-dealkylation sites (tertiary alicyclic amines) is 1. The van der Waals surface area contributed by atoms with E-state index < -0.39 is 5.97 Å². The topological polar surface area (TPSA) is 101 Å². The van der Waals surface area contributed by atoms with Gasteiger partial charge >= 0.3 is 5.97 Å². The molecule has 0 radical (unpaired) electrons. The van der Waals surface area contributed by atoms with Crippen LogP contribution in [0.25, 0.3) is 0 Å². The second-order valence-electron chi connectivity index (χ2n) is 7.45. The van der Waals surface area contributed by atoms with Crippen molar-refractivity contribution >= 4 is 17.8 Å². The average Bonchev–Trinajstić information content (AvgIpc) is 2.95. The van der Waals surface area contributed by atoms with Gasteiger partial charge in [-0.15, -0.1) is 0 Å². The molecule has 1 aromatic heterocycles. The first kappa shape index (κ1) is 21.9. The fraction of sp³-hybridized carbons (Fsp3) is 0.650. The zero-order chi connectivity index (χ0) is 20.8. The van der Waals surface area contributed by atoms with Crippen molar-refractivity contribution in [1.29, 1.82) is 0 Å². The van der Waals surface area contributed by atoms with Gasteiger partial charge in [-0.2, -0.15) is 0 Å². The molecule has 1 saturated heterocycles. The van der Waals surface area contributed by atoms with Gasteiger partial charge in [-0.3, -0.25) is 9.59 Å². The summed E-state index contributed by atoms with van der Waals surface area (Å²) in [4.78, 5) is 42.4. The molecule has 1 aromatic rings. The Hall–Kier alpha value is -2.35. The van der Waals surface area contributed by atoms with Gasteiger partial charge in [0.1, 0.15) is 5.69 Å². The van der Waals surface area contributed by atoms with Crippen molar-refractivity contribution in [3.63, 3.8) is 0 Å². The van der Waals surface area contributed by atoms with E-state index in [1.54, 1.807) is 39.7 Å². The molecule has 156 valence electrons. The van der Waals surface area contributed by atoms with Crippen LogP contribution >= 0.6 is 0 Å². The fourth-order valence-electron chi connectivity index (χ4n) is 3.50. The molecule has 2 N–H and O–H groups in total. The molecule has 1 aliphatic heterocycles. The predicted octanol–water partition coefficient (Wildman–Crippen LogP) is 1.81. The molecule has 28 heavy (non-hydrogen) atoms. The number of carbonyl (C=O) groups is 3. The maximum Gasteiger partial charge on any atom is 0.340 e. The monoisotopic (exact) mass is 393 g/mol. The van der Waals surface area contributed by atoms with Crippen LogP contribution < -0.4 is 5.32 Å². The van der Waals surface area contributed by atoms with Crippen LogP contribution in [0, 0.1) is 19.8 Å². The number of hydrogen-bond acceptors (Lipinski definition) is 5. The molecule has 0 bridgehead atoms. The molecular formula is C20H31N3O5. The number of methoxy groups -OCH3 is 1. The molecule has 8 heteroatoms. The van der Waals surface area contributed by atoms with Gasteiger partial charge in [0.05, 0.1) is 24.2 Å². The molecule has 1 fully saturated rings. The molecule has 8 nitrogen and oxygen atoms in total. The lowest BCUT2D eigenvalue weighted by Gasteiger charge is -2.32. The molecule has 0 saturated carbocycles. The van der Waals surface area contributed by atoms with Crippen LogP contribution in [-0.2, 0) is 14.3 Å². The van der Waals surface area contributed by atoms with E-state index >= 15 is 0 Å². The fourth-order valence-corrected chi connectivity index (χ4v) is 3.50. The third kappa shape index (κ3) is 5.13. The maximum atomic E-state index is 13.1. The molecule has 1 aliphatic rings. The smallest absolute Gasteiger partial charge is 0.340 e. The highest BCUT2D eigenvalue weighted by Gasteiger charge is 2.31. The molecule has 1 unspecified atom stereocenters. The van der Waals surface area contributed by atoms with E-state index in [2.05, 4.69) is 10.3 Å². The quantitative estimate of drug-likeness (QED) is 0.544. The standard InChI is InChI=1S/C20H31N3O5/c1-12(2)28-20(26)16-13(3)17(22-14(16)4)19(25)23-9-6-7-15(11-23)18(24)21-8-10-27-5/h12,15,22H,6-11H2,1-5H3,(H,21,24). The minimum Gasteiger partial charge on any atom is -0.459 e. The van der Waals surface area contributed by atoms with E-state index in [4.69, 9.17) is 9.47 Å². The van der Waals surface area contributed by atoms with Gasteiger partial charge in [0.2, 0.25) is 5.91 Å². The lowest BCUT2D eigenvalue weighted by Crippen LogP contribution is -2.46. The van der Waals surface area contributed by atoms with Crippen LogP contribution in [0.4, 0.5) is 0 Å². The highest BCUT2D eigenvalue weighted by molar-refractivity contribution is 6.00. The predicted molar refractivity (Wildman–Crippen MR) is 104 cm³/mol. The number of hydrogen-bond donors (Lipinski definition) is 2. The van der Waals surface area contributed by atoms with E-state index in [0.717, 1.165) is 12.8 Å². The van der Waals surface area contributed by atoms with E-state index in [-0.39, 0.29) is 23.8 Å². The SMILES string of the molecule is COCCNC(=O)C1CCCN(C(=O)c2[nH]c(C)c(C(=O)OC(C)C)c2C)C1. The van der Waals surface area contributed by atoms with E-state index in [1.807, 2.05) is 0 Å². The Labute approximate surface area is 165 Å². The lowest BCUT2D eigenvalue weighted by atomic mass is 9.96. The zero-order valence-corrected chi connectivity index (χ0v) is 17.4. The molecule has 2 rings (SSSR count). The van der Waals surface area contributed by atoms with Crippen LogP contribution in [0.2, 0.25) is 0 Å². The number of H-pyrrole nitrogens is 1. The van der Waals surface area contributed by atoms with Gasteiger partial charge in [-0.05, 0) is 46.1 Å². The summed E-state index contributed by atoms with van der Waals surface area (Å²) in [5.74, 6) is -0.931. The van der Waals surface area contributed by atoms with Crippen molar-refractivity contribution in [1.82, 2.24) is 15.2 Å². The lowest BCUT2D eigenvalue weighted by molar-refractivity contribution is -0.126. The molecule has 1 atom stereocenters. The molecule has 0 spiro atoms. The number of nitrogens with zero attached hydrogens (tertiary/aromatic N) is 1. The Morgan fingerprint density at radius 1 is 1.29 bits per heavy atom. The molecular weight excluding hydrogens is 362 g/mol. The van der Waals surface area contributed by atoms with Crippen LogP contribution in [-0.4, -0.2) is 67.1 Å².